The van der Waals surface area contributed by atoms with E-state index in [0.29, 0.717) is 6.42 Å². The minimum absolute atomic E-state index is 0.412. The van der Waals surface area contributed by atoms with E-state index in [1.165, 1.54) is 0 Å². The van der Waals surface area contributed by atoms with Gasteiger partial charge in [0, 0.05) is 19.7 Å². The molecular weight excluding hydrogens is 196 g/mol. The Kier molecular flexibility index (Phi) is 2.65. The van der Waals surface area contributed by atoms with Gasteiger partial charge in [0.1, 0.15) is 0 Å². The molecule has 2 aromatic rings. The standard InChI is InChI=1S/C10H12N2OS/c1-12-6-8(5-11-12)4-10(13)9-2-3-14-7-9/h2-3,5-7,10,13H,4H2,1H3. The summed E-state index contributed by atoms with van der Waals surface area (Å²) < 4.78 is 1.75. The molecular formula is C10H12N2OS. The van der Waals surface area contributed by atoms with Gasteiger partial charge in [-0.1, -0.05) is 0 Å². The summed E-state index contributed by atoms with van der Waals surface area (Å²) in [5.74, 6) is 0. The number of hydrogen-bond acceptors (Lipinski definition) is 3. The molecule has 1 unspecified atom stereocenters. The maximum absolute atomic E-state index is 9.84. The Balaban J connectivity index is 2.05. The highest BCUT2D eigenvalue weighted by atomic mass is 32.1. The van der Waals surface area contributed by atoms with Gasteiger partial charge in [-0.3, -0.25) is 4.68 Å². The lowest BCUT2D eigenvalue weighted by Gasteiger charge is -2.05. The van der Waals surface area contributed by atoms with Crippen LogP contribution in [0.15, 0.2) is 29.2 Å². The monoisotopic (exact) mass is 208 g/mol. The molecule has 0 fully saturated rings. The Morgan fingerprint density at radius 3 is 3.07 bits per heavy atom. The Labute approximate surface area is 86.6 Å². The van der Waals surface area contributed by atoms with Crippen LogP contribution in [0.25, 0.3) is 0 Å². The first kappa shape index (κ1) is 9.43. The number of rotatable bonds is 3. The van der Waals surface area contributed by atoms with E-state index in [4.69, 9.17) is 0 Å². The number of aromatic nitrogens is 2. The van der Waals surface area contributed by atoms with Crippen molar-refractivity contribution in [2.24, 2.45) is 7.05 Å². The van der Waals surface area contributed by atoms with Crippen LogP contribution in [0.3, 0.4) is 0 Å². The summed E-state index contributed by atoms with van der Waals surface area (Å²) in [6.07, 6.45) is 3.93. The Morgan fingerprint density at radius 1 is 1.64 bits per heavy atom. The average Bonchev–Trinajstić information content (AvgIpc) is 2.75. The second kappa shape index (κ2) is 3.94. The van der Waals surface area contributed by atoms with E-state index in [1.54, 1.807) is 22.2 Å². The molecule has 14 heavy (non-hydrogen) atoms. The van der Waals surface area contributed by atoms with Gasteiger partial charge in [-0.05, 0) is 28.0 Å². The first-order chi connectivity index (χ1) is 6.75. The largest absolute Gasteiger partial charge is 0.388 e. The topological polar surface area (TPSA) is 38.0 Å². The minimum Gasteiger partial charge on any atom is -0.388 e. The molecule has 2 heterocycles. The van der Waals surface area contributed by atoms with Crippen LogP contribution in [0.1, 0.15) is 17.2 Å². The summed E-state index contributed by atoms with van der Waals surface area (Å²) in [7, 11) is 1.88. The molecule has 0 amide bonds. The number of hydrogen-bond donors (Lipinski definition) is 1. The quantitative estimate of drug-likeness (QED) is 0.834. The third kappa shape index (κ3) is 2.02. The van der Waals surface area contributed by atoms with Crippen LogP contribution in [-0.4, -0.2) is 14.9 Å². The van der Waals surface area contributed by atoms with E-state index in [1.807, 2.05) is 30.1 Å². The van der Waals surface area contributed by atoms with E-state index >= 15 is 0 Å². The average molecular weight is 208 g/mol. The van der Waals surface area contributed by atoms with Gasteiger partial charge in [-0.25, -0.2) is 0 Å². The van der Waals surface area contributed by atoms with Crippen molar-refractivity contribution in [3.8, 4) is 0 Å². The van der Waals surface area contributed by atoms with Crippen LogP contribution in [0.2, 0.25) is 0 Å². The molecule has 2 rings (SSSR count). The fourth-order valence-corrected chi connectivity index (χ4v) is 2.09. The molecule has 0 saturated carbocycles. The molecule has 1 N–H and O–H groups in total. The predicted molar refractivity (Wildman–Crippen MR) is 56.2 cm³/mol. The first-order valence-corrected chi connectivity index (χ1v) is 5.37. The van der Waals surface area contributed by atoms with Crippen LogP contribution in [0.4, 0.5) is 0 Å². The smallest absolute Gasteiger partial charge is 0.0839 e. The van der Waals surface area contributed by atoms with Crippen LogP contribution < -0.4 is 0 Å². The number of aliphatic hydroxyl groups excluding tert-OH is 1. The van der Waals surface area contributed by atoms with Crippen molar-refractivity contribution < 1.29 is 5.11 Å². The van der Waals surface area contributed by atoms with Crippen molar-refractivity contribution in [1.29, 1.82) is 0 Å². The lowest BCUT2D eigenvalue weighted by molar-refractivity contribution is 0.179. The molecule has 0 radical (unpaired) electrons. The lowest BCUT2D eigenvalue weighted by Crippen LogP contribution is -1.99. The van der Waals surface area contributed by atoms with Gasteiger partial charge in [0.25, 0.3) is 0 Å². The molecule has 0 aromatic carbocycles. The highest BCUT2D eigenvalue weighted by molar-refractivity contribution is 7.07. The van der Waals surface area contributed by atoms with E-state index < -0.39 is 6.10 Å². The van der Waals surface area contributed by atoms with Gasteiger partial charge in [0.15, 0.2) is 0 Å². The van der Waals surface area contributed by atoms with Gasteiger partial charge in [-0.15, -0.1) is 0 Å². The molecule has 3 nitrogen and oxygen atoms in total. The number of aryl methyl sites for hydroxylation is 1. The van der Waals surface area contributed by atoms with Crippen molar-refractivity contribution in [1.82, 2.24) is 9.78 Å². The Bertz CT molecular complexity index is 394. The van der Waals surface area contributed by atoms with E-state index in [0.717, 1.165) is 11.1 Å². The van der Waals surface area contributed by atoms with Gasteiger partial charge < -0.3 is 5.11 Å². The summed E-state index contributed by atoms with van der Waals surface area (Å²) in [6, 6.07) is 1.95. The molecule has 4 heteroatoms. The Hall–Kier alpha value is -1.13. The molecule has 0 aliphatic heterocycles. The van der Waals surface area contributed by atoms with Crippen LogP contribution in [0, 0.1) is 0 Å². The maximum Gasteiger partial charge on any atom is 0.0839 e. The SMILES string of the molecule is Cn1cc(CC(O)c2ccsc2)cn1. The third-order valence-electron chi connectivity index (χ3n) is 2.12. The second-order valence-corrected chi connectivity index (χ2v) is 4.08. The molecule has 74 valence electrons. The summed E-state index contributed by atoms with van der Waals surface area (Å²) in [5, 5.41) is 17.8. The van der Waals surface area contributed by atoms with Crippen LogP contribution >= 0.6 is 11.3 Å². The zero-order valence-corrected chi connectivity index (χ0v) is 8.74. The summed E-state index contributed by atoms with van der Waals surface area (Å²) in [4.78, 5) is 0. The van der Waals surface area contributed by atoms with Crippen molar-refractivity contribution >= 4 is 11.3 Å². The summed E-state index contributed by atoms with van der Waals surface area (Å²) in [5.41, 5.74) is 2.05. The molecule has 0 aliphatic rings. The lowest BCUT2D eigenvalue weighted by atomic mass is 10.1. The van der Waals surface area contributed by atoms with E-state index in [2.05, 4.69) is 5.10 Å². The summed E-state index contributed by atoms with van der Waals surface area (Å²) >= 11 is 1.60. The van der Waals surface area contributed by atoms with E-state index in [-0.39, 0.29) is 0 Å². The van der Waals surface area contributed by atoms with Gasteiger partial charge in [0.05, 0.1) is 12.3 Å². The maximum atomic E-state index is 9.84. The van der Waals surface area contributed by atoms with Crippen molar-refractivity contribution in [3.05, 3.63) is 40.3 Å². The van der Waals surface area contributed by atoms with Crippen molar-refractivity contribution in [2.75, 3.05) is 0 Å². The highest BCUT2D eigenvalue weighted by Crippen LogP contribution is 2.19. The molecule has 1 atom stereocenters. The zero-order valence-electron chi connectivity index (χ0n) is 7.92. The van der Waals surface area contributed by atoms with Gasteiger partial charge in [-0.2, -0.15) is 16.4 Å². The molecule has 2 aromatic heterocycles. The zero-order chi connectivity index (χ0) is 9.97. The molecule has 0 aliphatic carbocycles. The minimum atomic E-state index is -0.412. The van der Waals surface area contributed by atoms with Crippen LogP contribution in [0.5, 0.6) is 0 Å². The normalized spacial score (nSPS) is 13.0. The number of aliphatic hydroxyl groups is 1. The molecule has 0 spiro atoms. The van der Waals surface area contributed by atoms with Gasteiger partial charge in [0.2, 0.25) is 0 Å². The second-order valence-electron chi connectivity index (χ2n) is 3.30. The van der Waals surface area contributed by atoms with Crippen molar-refractivity contribution in [2.45, 2.75) is 12.5 Å². The number of thiophene rings is 1. The van der Waals surface area contributed by atoms with Crippen molar-refractivity contribution in [3.63, 3.8) is 0 Å². The Morgan fingerprint density at radius 2 is 2.50 bits per heavy atom. The fraction of sp³-hybridized carbons (Fsp3) is 0.300. The van der Waals surface area contributed by atoms with E-state index in [9.17, 15) is 5.11 Å². The fourth-order valence-electron chi connectivity index (χ4n) is 1.38. The van der Waals surface area contributed by atoms with Crippen LogP contribution in [-0.2, 0) is 13.5 Å². The molecule has 0 saturated heterocycles. The van der Waals surface area contributed by atoms with Gasteiger partial charge >= 0.3 is 0 Å². The summed E-state index contributed by atoms with van der Waals surface area (Å²) in [6.45, 7) is 0. The first-order valence-electron chi connectivity index (χ1n) is 4.43. The third-order valence-corrected chi connectivity index (χ3v) is 2.82. The number of nitrogens with zero attached hydrogens (tertiary/aromatic N) is 2. The predicted octanol–water partition coefficient (Wildman–Crippen LogP) is 1.76. The molecule has 0 bridgehead atoms. The highest BCUT2D eigenvalue weighted by Gasteiger charge is 2.09.